The molecule has 0 aliphatic rings. The predicted molar refractivity (Wildman–Crippen MR) is 88.1 cm³/mol. The highest BCUT2D eigenvalue weighted by atomic mass is 79.9. The predicted octanol–water partition coefficient (Wildman–Crippen LogP) is 4.48. The molecule has 0 amide bonds. The minimum atomic E-state index is 0.572. The van der Waals surface area contributed by atoms with Gasteiger partial charge in [0.25, 0.3) is 0 Å². The molecule has 1 aromatic carbocycles. The van der Waals surface area contributed by atoms with Crippen LogP contribution in [0.25, 0.3) is 0 Å². The topological polar surface area (TPSA) is 29.9 Å². The number of nitrogens with one attached hydrogen (secondary N) is 1. The van der Waals surface area contributed by atoms with Gasteiger partial charge in [-0.1, -0.05) is 32.9 Å². The van der Waals surface area contributed by atoms with Crippen molar-refractivity contribution in [3.63, 3.8) is 0 Å². The zero-order chi connectivity index (χ0) is 14.7. The van der Waals surface area contributed by atoms with E-state index in [1.165, 1.54) is 11.3 Å². The van der Waals surface area contributed by atoms with E-state index < -0.39 is 0 Å². The quantitative estimate of drug-likeness (QED) is 0.872. The van der Waals surface area contributed by atoms with Crippen molar-refractivity contribution in [1.29, 1.82) is 0 Å². The molecule has 1 heterocycles. The summed E-state index contributed by atoms with van der Waals surface area (Å²) in [5.41, 5.74) is 4.79. The second-order valence-corrected chi connectivity index (χ2v) is 6.11. The third-order valence-electron chi connectivity index (χ3n) is 3.54. The molecule has 0 saturated carbocycles. The Kier molecular flexibility index (Phi) is 4.86. The Morgan fingerprint density at radius 3 is 2.40 bits per heavy atom. The highest BCUT2D eigenvalue weighted by Gasteiger charge is 2.11. The average Bonchev–Trinajstić information content (AvgIpc) is 2.71. The van der Waals surface area contributed by atoms with E-state index in [9.17, 15) is 0 Å². The van der Waals surface area contributed by atoms with E-state index in [0.717, 1.165) is 28.8 Å². The van der Waals surface area contributed by atoms with Gasteiger partial charge in [-0.25, -0.2) is 0 Å². The van der Waals surface area contributed by atoms with E-state index >= 15 is 0 Å². The van der Waals surface area contributed by atoms with Gasteiger partial charge in [0, 0.05) is 12.7 Å². The minimum absolute atomic E-state index is 0.572. The summed E-state index contributed by atoms with van der Waals surface area (Å²) >= 11 is 3.64. The highest BCUT2D eigenvalue weighted by molar-refractivity contribution is 9.10. The molecule has 0 spiro atoms. The highest BCUT2D eigenvalue weighted by Crippen LogP contribution is 2.23. The van der Waals surface area contributed by atoms with E-state index in [1.807, 2.05) is 11.7 Å². The minimum Gasteiger partial charge on any atom is -0.379 e. The molecule has 0 fully saturated rings. The van der Waals surface area contributed by atoms with Crippen molar-refractivity contribution in [2.75, 3.05) is 5.32 Å². The molecule has 1 aromatic heterocycles. The summed E-state index contributed by atoms with van der Waals surface area (Å²) in [6.45, 7) is 7.31. The third-order valence-corrected chi connectivity index (χ3v) is 4.46. The second-order valence-electron chi connectivity index (χ2n) is 5.31. The molecule has 0 atom stereocenters. The maximum Gasteiger partial charge on any atom is 0.0767 e. The van der Waals surface area contributed by atoms with Gasteiger partial charge in [-0.15, -0.1) is 0 Å². The van der Waals surface area contributed by atoms with Crippen molar-refractivity contribution in [3.8, 4) is 0 Å². The molecule has 1 N–H and O–H groups in total. The van der Waals surface area contributed by atoms with Gasteiger partial charge in [-0.05, 0) is 46.0 Å². The van der Waals surface area contributed by atoms with Crippen molar-refractivity contribution >= 4 is 21.6 Å². The number of hydrogen-bond acceptors (Lipinski definition) is 2. The fourth-order valence-electron chi connectivity index (χ4n) is 2.18. The molecule has 0 radical (unpaired) electrons. The number of hydrogen-bond donors (Lipinski definition) is 1. The molecule has 4 heteroatoms. The Hall–Kier alpha value is -1.29. The van der Waals surface area contributed by atoms with Crippen molar-refractivity contribution in [2.45, 2.75) is 39.7 Å². The number of halogens is 1. The van der Waals surface area contributed by atoms with Gasteiger partial charge in [0.15, 0.2) is 0 Å². The van der Waals surface area contributed by atoms with Crippen LogP contribution in [0.5, 0.6) is 0 Å². The fourth-order valence-corrected chi connectivity index (χ4v) is 2.94. The van der Waals surface area contributed by atoms with E-state index in [-0.39, 0.29) is 0 Å². The van der Waals surface area contributed by atoms with Crippen LogP contribution in [0, 0.1) is 0 Å². The lowest BCUT2D eigenvalue weighted by atomic mass is 10.0. The van der Waals surface area contributed by atoms with Crippen LogP contribution in [0.1, 0.15) is 43.6 Å². The smallest absolute Gasteiger partial charge is 0.0767 e. The largest absolute Gasteiger partial charge is 0.379 e. The molecule has 2 rings (SSSR count). The van der Waals surface area contributed by atoms with Crippen molar-refractivity contribution in [1.82, 2.24) is 9.78 Å². The Balaban J connectivity index is 2.07. The summed E-state index contributed by atoms with van der Waals surface area (Å²) in [5.74, 6) is 0.572. The molecular formula is C16H22BrN3. The molecule has 20 heavy (non-hydrogen) atoms. The van der Waals surface area contributed by atoms with Crippen LogP contribution < -0.4 is 5.32 Å². The van der Waals surface area contributed by atoms with E-state index in [1.54, 1.807) is 0 Å². The molecule has 0 bridgehead atoms. The van der Waals surface area contributed by atoms with Crippen LogP contribution in [-0.2, 0) is 20.0 Å². The third kappa shape index (κ3) is 3.23. The van der Waals surface area contributed by atoms with Crippen LogP contribution >= 0.6 is 15.9 Å². The Morgan fingerprint density at radius 1 is 1.25 bits per heavy atom. The summed E-state index contributed by atoms with van der Waals surface area (Å²) < 4.78 is 3.06. The number of benzene rings is 1. The Bertz CT molecular complexity index is 570. The maximum atomic E-state index is 4.51. The lowest BCUT2D eigenvalue weighted by Crippen LogP contribution is -2.06. The Morgan fingerprint density at radius 2 is 1.90 bits per heavy atom. The summed E-state index contributed by atoms with van der Waals surface area (Å²) in [4.78, 5) is 0. The lowest BCUT2D eigenvalue weighted by molar-refractivity contribution is 0.706. The SMILES string of the molecule is CCc1nn(C)c(CNc2ccc(C(C)C)cc2)c1Br. The van der Waals surface area contributed by atoms with Gasteiger partial charge in [-0.3, -0.25) is 4.68 Å². The normalized spacial score (nSPS) is 11.1. The fraction of sp³-hybridized carbons (Fsp3) is 0.438. The molecule has 0 aliphatic carbocycles. The summed E-state index contributed by atoms with van der Waals surface area (Å²) in [5, 5.41) is 7.96. The van der Waals surface area contributed by atoms with Gasteiger partial charge < -0.3 is 5.32 Å². The molecule has 3 nitrogen and oxygen atoms in total. The van der Waals surface area contributed by atoms with Crippen LogP contribution in [0.4, 0.5) is 5.69 Å². The average molecular weight is 336 g/mol. The first-order valence-electron chi connectivity index (χ1n) is 7.07. The standard InChI is InChI=1S/C16H22BrN3/c1-5-14-16(17)15(20(4)19-14)10-18-13-8-6-12(7-9-13)11(2)3/h6-9,11,18H,5,10H2,1-4H3. The zero-order valence-electron chi connectivity index (χ0n) is 12.6. The summed E-state index contributed by atoms with van der Waals surface area (Å²) in [7, 11) is 1.99. The van der Waals surface area contributed by atoms with E-state index in [0.29, 0.717) is 5.92 Å². The molecular weight excluding hydrogens is 314 g/mol. The lowest BCUT2D eigenvalue weighted by Gasteiger charge is -2.10. The second kappa shape index (κ2) is 6.44. The van der Waals surface area contributed by atoms with Crippen LogP contribution in [0.15, 0.2) is 28.7 Å². The molecule has 0 aliphatic heterocycles. The van der Waals surface area contributed by atoms with Crippen LogP contribution in [0.3, 0.4) is 0 Å². The van der Waals surface area contributed by atoms with E-state index in [2.05, 4.69) is 71.4 Å². The molecule has 108 valence electrons. The summed E-state index contributed by atoms with van der Waals surface area (Å²) in [6, 6.07) is 8.65. The molecule has 2 aromatic rings. The number of aromatic nitrogens is 2. The number of nitrogens with zero attached hydrogens (tertiary/aromatic N) is 2. The van der Waals surface area contributed by atoms with Crippen molar-refractivity contribution < 1.29 is 0 Å². The van der Waals surface area contributed by atoms with Gasteiger partial charge in [0.1, 0.15) is 0 Å². The first-order valence-corrected chi connectivity index (χ1v) is 7.86. The van der Waals surface area contributed by atoms with Crippen molar-refractivity contribution in [3.05, 3.63) is 45.7 Å². The van der Waals surface area contributed by atoms with Gasteiger partial charge in [0.05, 0.1) is 22.4 Å². The molecule has 0 saturated heterocycles. The number of anilines is 1. The van der Waals surface area contributed by atoms with Crippen LogP contribution in [-0.4, -0.2) is 9.78 Å². The zero-order valence-corrected chi connectivity index (χ0v) is 14.2. The Labute approximate surface area is 129 Å². The first-order chi connectivity index (χ1) is 9.52. The molecule has 0 unspecified atom stereocenters. The number of rotatable bonds is 5. The number of aryl methyl sites for hydroxylation is 2. The van der Waals surface area contributed by atoms with Gasteiger partial charge in [0.2, 0.25) is 0 Å². The van der Waals surface area contributed by atoms with Crippen molar-refractivity contribution in [2.24, 2.45) is 7.05 Å². The summed E-state index contributed by atoms with van der Waals surface area (Å²) in [6.07, 6.45) is 0.942. The van der Waals surface area contributed by atoms with Gasteiger partial charge in [-0.2, -0.15) is 5.10 Å². The van der Waals surface area contributed by atoms with Crippen LogP contribution in [0.2, 0.25) is 0 Å². The monoisotopic (exact) mass is 335 g/mol. The van der Waals surface area contributed by atoms with E-state index in [4.69, 9.17) is 0 Å². The first kappa shape index (κ1) is 15.1. The van der Waals surface area contributed by atoms with Gasteiger partial charge >= 0.3 is 0 Å². The maximum absolute atomic E-state index is 4.51.